The van der Waals surface area contributed by atoms with E-state index in [0.717, 1.165) is 11.4 Å². The van der Waals surface area contributed by atoms with Crippen LogP contribution in [0.2, 0.25) is 0 Å². The van der Waals surface area contributed by atoms with E-state index in [2.05, 4.69) is 20.5 Å². The first-order valence-corrected chi connectivity index (χ1v) is 5.13. The summed E-state index contributed by atoms with van der Waals surface area (Å²) in [5, 5.41) is 11.0. The number of nitrogens with zero attached hydrogens (tertiary/aromatic N) is 3. The number of aromatic nitrogens is 3. The largest absolute Gasteiger partial charge is 0.377 e. The average molecular weight is 210 g/mol. The van der Waals surface area contributed by atoms with Gasteiger partial charge < -0.3 is 10.1 Å². The molecule has 1 N–H and O–H groups in total. The molecule has 0 aliphatic rings. The minimum Gasteiger partial charge on any atom is -0.377 e. The molecule has 5 heteroatoms. The molecule has 0 bridgehead atoms. The highest BCUT2D eigenvalue weighted by molar-refractivity contribution is 5.24. The first kappa shape index (κ1) is 11.8. The van der Waals surface area contributed by atoms with Crippen molar-refractivity contribution in [3.8, 4) is 0 Å². The predicted octanol–water partition coefficient (Wildman–Crippen LogP) is 1.33. The molecule has 84 valence electrons. The molecule has 1 rings (SSSR count). The van der Waals surface area contributed by atoms with Crippen molar-refractivity contribution in [3.63, 3.8) is 0 Å². The van der Waals surface area contributed by atoms with Crippen LogP contribution in [-0.4, -0.2) is 34.4 Å². The fourth-order valence-electron chi connectivity index (χ4n) is 0.989. The third-order valence-electron chi connectivity index (χ3n) is 1.93. The number of rotatable bonds is 5. The lowest BCUT2D eigenvalue weighted by Gasteiger charge is -2.08. The molecule has 0 aliphatic carbocycles. The van der Waals surface area contributed by atoms with Crippen molar-refractivity contribution in [2.45, 2.75) is 33.8 Å². The van der Waals surface area contributed by atoms with Crippen molar-refractivity contribution in [2.24, 2.45) is 0 Å². The minimum absolute atomic E-state index is 0.255. The number of aryl methyl sites for hydroxylation is 2. The monoisotopic (exact) mass is 210 g/mol. The first-order chi connectivity index (χ1) is 7.09. The van der Waals surface area contributed by atoms with Crippen LogP contribution in [0, 0.1) is 13.8 Å². The normalized spacial score (nSPS) is 10.7. The second-order valence-corrected chi connectivity index (χ2v) is 3.65. The number of ether oxygens (including phenoxy) is 1. The van der Waals surface area contributed by atoms with Crippen LogP contribution in [-0.2, 0) is 4.74 Å². The van der Waals surface area contributed by atoms with E-state index in [1.807, 2.05) is 27.7 Å². The molecule has 0 amide bonds. The molecule has 0 saturated carbocycles. The Morgan fingerprint density at radius 2 is 1.93 bits per heavy atom. The van der Waals surface area contributed by atoms with Crippen molar-refractivity contribution in [1.82, 2.24) is 15.2 Å². The summed E-state index contributed by atoms with van der Waals surface area (Å²) >= 11 is 0. The number of anilines is 1. The summed E-state index contributed by atoms with van der Waals surface area (Å²) in [6, 6.07) is 0. The van der Waals surface area contributed by atoms with E-state index in [0.29, 0.717) is 19.1 Å². The van der Waals surface area contributed by atoms with E-state index < -0.39 is 0 Å². The molecule has 1 aromatic heterocycles. The Morgan fingerprint density at radius 1 is 1.20 bits per heavy atom. The Kier molecular flexibility index (Phi) is 4.42. The maximum absolute atomic E-state index is 5.38. The highest BCUT2D eigenvalue weighted by Crippen LogP contribution is 2.01. The Hall–Kier alpha value is -1.23. The zero-order valence-corrected chi connectivity index (χ0v) is 9.74. The number of hydrogen-bond donors (Lipinski definition) is 1. The van der Waals surface area contributed by atoms with Crippen molar-refractivity contribution < 1.29 is 4.74 Å². The topological polar surface area (TPSA) is 59.9 Å². The van der Waals surface area contributed by atoms with E-state index in [1.54, 1.807) is 0 Å². The molecule has 0 radical (unpaired) electrons. The van der Waals surface area contributed by atoms with Gasteiger partial charge in [0.25, 0.3) is 0 Å². The van der Waals surface area contributed by atoms with Gasteiger partial charge in [0.15, 0.2) is 0 Å². The zero-order chi connectivity index (χ0) is 11.3. The summed E-state index contributed by atoms with van der Waals surface area (Å²) in [7, 11) is 0. The maximum atomic E-state index is 5.38. The molecule has 0 unspecified atom stereocenters. The van der Waals surface area contributed by atoms with E-state index in [1.165, 1.54) is 0 Å². The molecule has 0 atom stereocenters. The Morgan fingerprint density at radius 3 is 2.53 bits per heavy atom. The predicted molar refractivity (Wildman–Crippen MR) is 58.9 cm³/mol. The van der Waals surface area contributed by atoms with Crippen molar-refractivity contribution >= 4 is 5.95 Å². The summed E-state index contributed by atoms with van der Waals surface area (Å²) < 4.78 is 5.38. The Labute approximate surface area is 90.3 Å². The van der Waals surface area contributed by atoms with Gasteiger partial charge in [-0.3, -0.25) is 0 Å². The lowest BCUT2D eigenvalue weighted by molar-refractivity contribution is 0.0869. The third-order valence-corrected chi connectivity index (χ3v) is 1.93. The van der Waals surface area contributed by atoms with Crippen molar-refractivity contribution in [3.05, 3.63) is 11.4 Å². The lowest BCUT2D eigenvalue weighted by Crippen LogP contribution is -2.15. The molecular formula is C10H18N4O. The van der Waals surface area contributed by atoms with Crippen LogP contribution >= 0.6 is 0 Å². The molecular weight excluding hydrogens is 192 g/mol. The van der Waals surface area contributed by atoms with Gasteiger partial charge >= 0.3 is 0 Å². The molecule has 0 aliphatic heterocycles. The van der Waals surface area contributed by atoms with Gasteiger partial charge in [-0.25, -0.2) is 4.98 Å². The Balaban J connectivity index is 2.35. The highest BCUT2D eigenvalue weighted by atomic mass is 16.5. The molecule has 0 spiro atoms. The third kappa shape index (κ3) is 4.20. The molecule has 1 aromatic rings. The highest BCUT2D eigenvalue weighted by Gasteiger charge is 2.00. The SMILES string of the molecule is Cc1nnc(NCCOC(C)C)nc1C. The minimum atomic E-state index is 0.255. The van der Waals surface area contributed by atoms with E-state index in [9.17, 15) is 0 Å². The van der Waals surface area contributed by atoms with Gasteiger partial charge in [-0.05, 0) is 27.7 Å². The van der Waals surface area contributed by atoms with Gasteiger partial charge in [-0.2, -0.15) is 5.10 Å². The van der Waals surface area contributed by atoms with Crippen LogP contribution in [0.25, 0.3) is 0 Å². The lowest BCUT2D eigenvalue weighted by atomic mass is 10.4. The second-order valence-electron chi connectivity index (χ2n) is 3.65. The van der Waals surface area contributed by atoms with Gasteiger partial charge in [0, 0.05) is 6.54 Å². The average Bonchev–Trinajstić information content (AvgIpc) is 2.18. The van der Waals surface area contributed by atoms with E-state index in [4.69, 9.17) is 4.74 Å². The van der Waals surface area contributed by atoms with Gasteiger partial charge in [-0.15, -0.1) is 5.10 Å². The molecule has 0 fully saturated rings. The first-order valence-electron chi connectivity index (χ1n) is 5.13. The summed E-state index contributed by atoms with van der Waals surface area (Å²) in [6.07, 6.45) is 0.255. The maximum Gasteiger partial charge on any atom is 0.243 e. The molecule has 1 heterocycles. The quantitative estimate of drug-likeness (QED) is 0.743. The standard InChI is InChI=1S/C10H18N4O/c1-7(2)15-6-5-11-10-12-8(3)9(4)13-14-10/h7H,5-6H2,1-4H3,(H,11,12,14). The van der Waals surface area contributed by atoms with Gasteiger partial charge in [0.2, 0.25) is 5.95 Å². The van der Waals surface area contributed by atoms with Gasteiger partial charge in [0.1, 0.15) is 0 Å². The van der Waals surface area contributed by atoms with Gasteiger partial charge in [-0.1, -0.05) is 0 Å². The molecule has 15 heavy (non-hydrogen) atoms. The zero-order valence-electron chi connectivity index (χ0n) is 9.74. The summed E-state index contributed by atoms with van der Waals surface area (Å²) in [5.41, 5.74) is 1.76. The fourth-order valence-corrected chi connectivity index (χ4v) is 0.989. The van der Waals surface area contributed by atoms with Crippen molar-refractivity contribution in [2.75, 3.05) is 18.5 Å². The smallest absolute Gasteiger partial charge is 0.243 e. The van der Waals surface area contributed by atoms with Crippen LogP contribution < -0.4 is 5.32 Å². The van der Waals surface area contributed by atoms with Crippen LogP contribution in [0.15, 0.2) is 0 Å². The summed E-state index contributed by atoms with van der Waals surface area (Å²) in [6.45, 7) is 9.17. The second kappa shape index (κ2) is 5.60. The van der Waals surface area contributed by atoms with E-state index >= 15 is 0 Å². The number of nitrogens with one attached hydrogen (secondary N) is 1. The Bertz CT molecular complexity index is 314. The fraction of sp³-hybridized carbons (Fsp3) is 0.700. The number of hydrogen-bond acceptors (Lipinski definition) is 5. The summed E-state index contributed by atoms with van der Waals surface area (Å²) in [4.78, 5) is 4.25. The summed E-state index contributed by atoms with van der Waals surface area (Å²) in [5.74, 6) is 0.561. The van der Waals surface area contributed by atoms with Crippen LogP contribution in [0.5, 0.6) is 0 Å². The van der Waals surface area contributed by atoms with Crippen LogP contribution in [0.1, 0.15) is 25.2 Å². The van der Waals surface area contributed by atoms with Gasteiger partial charge in [0.05, 0.1) is 24.1 Å². The molecule has 5 nitrogen and oxygen atoms in total. The molecule has 0 saturated heterocycles. The molecule has 0 aromatic carbocycles. The van der Waals surface area contributed by atoms with Crippen molar-refractivity contribution in [1.29, 1.82) is 0 Å². The van der Waals surface area contributed by atoms with Crippen LogP contribution in [0.3, 0.4) is 0 Å². The van der Waals surface area contributed by atoms with E-state index in [-0.39, 0.29) is 6.10 Å². The van der Waals surface area contributed by atoms with Crippen LogP contribution in [0.4, 0.5) is 5.95 Å².